The summed E-state index contributed by atoms with van der Waals surface area (Å²) in [6.45, 7) is 5.59. The minimum atomic E-state index is -0.472. The number of rotatable bonds is 4. The van der Waals surface area contributed by atoms with E-state index in [2.05, 4.69) is 20.9 Å². The molecule has 0 radical (unpaired) electrons. The monoisotopic (exact) mass is 395 g/mol. The number of aromatic nitrogens is 1. The molecule has 0 bridgehead atoms. The van der Waals surface area contributed by atoms with E-state index in [4.69, 9.17) is 16.3 Å². The van der Waals surface area contributed by atoms with Crippen molar-refractivity contribution in [2.75, 3.05) is 0 Å². The highest BCUT2D eigenvalue weighted by Gasteiger charge is 2.17. The summed E-state index contributed by atoms with van der Waals surface area (Å²) in [6, 6.07) is 11.4. The molecule has 0 atom stereocenters. The van der Waals surface area contributed by atoms with Crippen LogP contribution in [0.3, 0.4) is 0 Å². The Morgan fingerprint density at radius 1 is 1.22 bits per heavy atom. The third-order valence-electron chi connectivity index (χ3n) is 3.09. The standard InChI is InChI=1S/C18H19BrClNO2/c1-18(2,3)23-16(22)11-9-12-8-10-15(19)21-17(12)13-6-4-5-7-14(13)20/h4-8,10H,9,11H2,1-3H3. The van der Waals surface area contributed by atoms with Gasteiger partial charge in [0.25, 0.3) is 0 Å². The second-order valence-corrected chi connectivity index (χ2v) is 7.43. The lowest BCUT2D eigenvalue weighted by atomic mass is 10.0. The zero-order valence-corrected chi connectivity index (χ0v) is 15.7. The maximum Gasteiger partial charge on any atom is 0.306 e. The van der Waals surface area contributed by atoms with E-state index in [-0.39, 0.29) is 5.97 Å². The van der Waals surface area contributed by atoms with Crippen LogP contribution in [-0.4, -0.2) is 16.6 Å². The summed E-state index contributed by atoms with van der Waals surface area (Å²) in [5.74, 6) is -0.217. The van der Waals surface area contributed by atoms with Gasteiger partial charge in [-0.2, -0.15) is 0 Å². The van der Waals surface area contributed by atoms with E-state index >= 15 is 0 Å². The molecule has 0 unspecified atom stereocenters. The second-order valence-electron chi connectivity index (χ2n) is 6.21. The molecule has 122 valence electrons. The Balaban J connectivity index is 2.23. The van der Waals surface area contributed by atoms with Crippen molar-refractivity contribution in [2.24, 2.45) is 0 Å². The minimum absolute atomic E-state index is 0.217. The first kappa shape index (κ1) is 18.0. The number of hydrogen-bond donors (Lipinski definition) is 0. The van der Waals surface area contributed by atoms with Crippen LogP contribution < -0.4 is 0 Å². The highest BCUT2D eigenvalue weighted by Crippen LogP contribution is 2.30. The van der Waals surface area contributed by atoms with Gasteiger partial charge in [0, 0.05) is 17.0 Å². The third kappa shape index (κ3) is 5.33. The molecule has 0 aliphatic heterocycles. The van der Waals surface area contributed by atoms with Gasteiger partial charge in [-0.25, -0.2) is 4.98 Å². The first-order valence-corrected chi connectivity index (χ1v) is 8.55. The fourth-order valence-corrected chi connectivity index (χ4v) is 2.72. The number of benzene rings is 1. The van der Waals surface area contributed by atoms with Gasteiger partial charge in [0.1, 0.15) is 10.2 Å². The molecule has 1 aromatic carbocycles. The molecule has 0 spiro atoms. The minimum Gasteiger partial charge on any atom is -0.460 e. The summed E-state index contributed by atoms with van der Waals surface area (Å²) in [5, 5.41) is 0.636. The molecule has 1 aromatic heterocycles. The van der Waals surface area contributed by atoms with Crippen LogP contribution in [0.1, 0.15) is 32.8 Å². The topological polar surface area (TPSA) is 39.2 Å². The molecule has 1 heterocycles. The Hall–Kier alpha value is -1.39. The molecule has 0 saturated heterocycles. The third-order valence-corrected chi connectivity index (χ3v) is 3.86. The number of halogens is 2. The number of pyridine rings is 1. The van der Waals surface area contributed by atoms with Gasteiger partial charge in [-0.15, -0.1) is 0 Å². The van der Waals surface area contributed by atoms with Crippen molar-refractivity contribution in [3.05, 3.63) is 51.6 Å². The predicted molar refractivity (Wildman–Crippen MR) is 96.5 cm³/mol. The van der Waals surface area contributed by atoms with Gasteiger partial charge in [0.05, 0.1) is 5.69 Å². The van der Waals surface area contributed by atoms with Gasteiger partial charge >= 0.3 is 5.97 Å². The van der Waals surface area contributed by atoms with Crippen molar-refractivity contribution in [1.29, 1.82) is 0 Å². The van der Waals surface area contributed by atoms with Crippen molar-refractivity contribution in [1.82, 2.24) is 4.98 Å². The van der Waals surface area contributed by atoms with Crippen molar-refractivity contribution >= 4 is 33.5 Å². The summed E-state index contributed by atoms with van der Waals surface area (Å²) in [4.78, 5) is 16.5. The number of nitrogens with zero attached hydrogens (tertiary/aromatic N) is 1. The number of carbonyl (C=O) groups excluding carboxylic acids is 1. The summed E-state index contributed by atoms with van der Waals surface area (Å²) in [6.07, 6.45) is 0.855. The quantitative estimate of drug-likeness (QED) is 0.510. The summed E-state index contributed by atoms with van der Waals surface area (Å²) >= 11 is 9.68. The van der Waals surface area contributed by atoms with Crippen LogP contribution >= 0.6 is 27.5 Å². The second kappa shape index (κ2) is 7.45. The molecule has 2 aromatic rings. The molecule has 0 fully saturated rings. The summed E-state index contributed by atoms with van der Waals surface area (Å²) in [5.41, 5.74) is 2.14. The average Bonchev–Trinajstić information content (AvgIpc) is 2.44. The number of carbonyl (C=O) groups is 1. The predicted octanol–water partition coefficient (Wildman–Crippen LogP) is 5.44. The zero-order chi connectivity index (χ0) is 17.0. The van der Waals surface area contributed by atoms with Gasteiger partial charge in [-0.05, 0) is 60.8 Å². The number of hydrogen-bond acceptors (Lipinski definition) is 3. The Bertz CT molecular complexity index is 710. The summed E-state index contributed by atoms with van der Waals surface area (Å²) < 4.78 is 6.09. The van der Waals surface area contributed by atoms with Crippen LogP contribution in [0.15, 0.2) is 41.0 Å². The SMILES string of the molecule is CC(C)(C)OC(=O)CCc1ccc(Br)nc1-c1ccccc1Cl. The molecule has 0 aliphatic carbocycles. The van der Waals surface area contributed by atoms with Gasteiger partial charge in [0.15, 0.2) is 0 Å². The molecular weight excluding hydrogens is 378 g/mol. The molecule has 3 nitrogen and oxygen atoms in total. The molecule has 0 amide bonds. The molecule has 0 saturated carbocycles. The van der Waals surface area contributed by atoms with Crippen molar-refractivity contribution in [3.63, 3.8) is 0 Å². The van der Waals surface area contributed by atoms with Crippen molar-refractivity contribution in [3.8, 4) is 11.3 Å². The van der Waals surface area contributed by atoms with Crippen molar-refractivity contribution in [2.45, 2.75) is 39.2 Å². The lowest BCUT2D eigenvalue weighted by molar-refractivity contribution is -0.154. The van der Waals surface area contributed by atoms with E-state index < -0.39 is 5.60 Å². The summed E-state index contributed by atoms with van der Waals surface area (Å²) in [7, 11) is 0. The van der Waals surface area contributed by atoms with Gasteiger partial charge < -0.3 is 4.74 Å². The maximum absolute atomic E-state index is 11.9. The first-order valence-electron chi connectivity index (χ1n) is 7.38. The highest BCUT2D eigenvalue weighted by molar-refractivity contribution is 9.10. The maximum atomic E-state index is 11.9. The van der Waals surface area contributed by atoms with Crippen LogP contribution in [0.4, 0.5) is 0 Å². The smallest absolute Gasteiger partial charge is 0.306 e. The normalized spacial score (nSPS) is 11.3. The van der Waals surface area contributed by atoms with E-state index in [9.17, 15) is 4.79 Å². The van der Waals surface area contributed by atoms with E-state index in [0.29, 0.717) is 17.9 Å². The Kier molecular flexibility index (Phi) is 5.82. The average molecular weight is 397 g/mol. The van der Waals surface area contributed by atoms with Crippen LogP contribution in [-0.2, 0) is 16.0 Å². The molecule has 5 heteroatoms. The van der Waals surface area contributed by atoms with Crippen LogP contribution in [0.5, 0.6) is 0 Å². The van der Waals surface area contributed by atoms with Crippen molar-refractivity contribution < 1.29 is 9.53 Å². The molecule has 0 N–H and O–H groups in total. The largest absolute Gasteiger partial charge is 0.460 e. The van der Waals surface area contributed by atoms with Crippen LogP contribution in [0.25, 0.3) is 11.3 Å². The van der Waals surface area contributed by atoms with Gasteiger partial charge in [0.2, 0.25) is 0 Å². The van der Waals surface area contributed by atoms with E-state index in [1.807, 2.05) is 57.2 Å². The number of aryl methyl sites for hydroxylation is 1. The molecule has 23 heavy (non-hydrogen) atoms. The lowest BCUT2D eigenvalue weighted by Crippen LogP contribution is -2.24. The Morgan fingerprint density at radius 3 is 2.57 bits per heavy atom. The Morgan fingerprint density at radius 2 is 1.91 bits per heavy atom. The van der Waals surface area contributed by atoms with E-state index in [1.54, 1.807) is 0 Å². The van der Waals surface area contributed by atoms with Crippen LogP contribution in [0, 0.1) is 0 Å². The van der Waals surface area contributed by atoms with Crippen LogP contribution in [0.2, 0.25) is 5.02 Å². The van der Waals surface area contributed by atoms with Gasteiger partial charge in [-0.3, -0.25) is 4.79 Å². The van der Waals surface area contributed by atoms with E-state index in [1.165, 1.54) is 0 Å². The highest BCUT2D eigenvalue weighted by atomic mass is 79.9. The first-order chi connectivity index (χ1) is 10.8. The fraction of sp³-hybridized carbons (Fsp3) is 0.333. The number of ether oxygens (including phenoxy) is 1. The lowest BCUT2D eigenvalue weighted by Gasteiger charge is -2.19. The van der Waals surface area contributed by atoms with Gasteiger partial charge in [-0.1, -0.05) is 35.9 Å². The number of esters is 1. The Labute approximate surface area is 150 Å². The molecule has 2 rings (SSSR count). The van der Waals surface area contributed by atoms with E-state index in [0.717, 1.165) is 21.4 Å². The molecule has 0 aliphatic rings. The molecular formula is C18H19BrClNO2. The zero-order valence-electron chi connectivity index (χ0n) is 13.4. The fourth-order valence-electron chi connectivity index (χ4n) is 2.18.